The monoisotopic (exact) mass is 349 g/mol. The van der Waals surface area contributed by atoms with E-state index in [1.165, 1.54) is 6.07 Å². The highest BCUT2D eigenvalue weighted by molar-refractivity contribution is 5.86. The van der Waals surface area contributed by atoms with Gasteiger partial charge in [-0.3, -0.25) is 0 Å². The molecule has 0 bridgehead atoms. The van der Waals surface area contributed by atoms with Crippen LogP contribution in [0.2, 0.25) is 0 Å². The van der Waals surface area contributed by atoms with Gasteiger partial charge in [-0.15, -0.1) is 0 Å². The molecule has 3 rings (SSSR count). The minimum Gasteiger partial charge on any atom is -0.364 e. The highest BCUT2D eigenvalue weighted by atomic mass is 19.1. The van der Waals surface area contributed by atoms with Crippen molar-refractivity contribution in [1.29, 1.82) is 0 Å². The number of anilines is 2. The number of rotatable bonds is 4. The normalized spacial score (nSPS) is 13.6. The van der Waals surface area contributed by atoms with Crippen LogP contribution in [0, 0.1) is 12.7 Å². The molecular weight excluding hydrogens is 325 g/mol. The van der Waals surface area contributed by atoms with E-state index < -0.39 is 0 Å². The van der Waals surface area contributed by atoms with E-state index >= 15 is 0 Å². The third kappa shape index (κ3) is 3.23. The van der Waals surface area contributed by atoms with Crippen LogP contribution in [0.3, 0.4) is 0 Å². The summed E-state index contributed by atoms with van der Waals surface area (Å²) >= 11 is 0. The van der Waals surface area contributed by atoms with Crippen LogP contribution in [-0.2, 0) is 0 Å². The van der Waals surface area contributed by atoms with Crippen LogP contribution in [0.1, 0.15) is 11.1 Å². The lowest BCUT2D eigenvalue weighted by Gasteiger charge is -2.27. The maximum atomic E-state index is 14.5. The van der Waals surface area contributed by atoms with Crippen molar-refractivity contribution in [3.8, 4) is 0 Å². The number of hydrogen-bond acceptors (Lipinski definition) is 3. The van der Waals surface area contributed by atoms with E-state index in [1.807, 2.05) is 67.2 Å². The van der Waals surface area contributed by atoms with E-state index in [0.29, 0.717) is 17.8 Å². The smallest absolute Gasteiger partial charge is 0.132 e. The number of fused-ring (bicyclic) bond motifs is 1. The van der Waals surface area contributed by atoms with Gasteiger partial charge in [-0.2, -0.15) is 0 Å². The van der Waals surface area contributed by atoms with Crippen LogP contribution < -0.4 is 10.2 Å². The molecule has 2 aromatic rings. The quantitative estimate of drug-likeness (QED) is 0.838. The molecule has 134 valence electrons. The van der Waals surface area contributed by atoms with Crippen LogP contribution in [0.15, 0.2) is 73.1 Å². The predicted octanol–water partition coefficient (Wildman–Crippen LogP) is 5.00. The molecule has 0 aromatic heterocycles. The summed E-state index contributed by atoms with van der Waals surface area (Å²) in [5, 5.41) is 3.48. The van der Waals surface area contributed by atoms with Gasteiger partial charge < -0.3 is 15.1 Å². The number of para-hydroxylation sites is 2. The molecule has 0 radical (unpaired) electrons. The molecule has 4 heteroatoms. The van der Waals surface area contributed by atoms with Crippen LogP contribution in [0.5, 0.6) is 0 Å². The van der Waals surface area contributed by atoms with E-state index in [2.05, 4.69) is 18.5 Å². The minimum absolute atomic E-state index is 0.271. The first-order valence-corrected chi connectivity index (χ1v) is 8.54. The molecule has 0 fully saturated rings. The summed E-state index contributed by atoms with van der Waals surface area (Å²) in [6.45, 7) is 10.7. The number of nitrogens with one attached hydrogen (secondary N) is 1. The molecule has 26 heavy (non-hydrogen) atoms. The van der Waals surface area contributed by atoms with Gasteiger partial charge in [0, 0.05) is 30.9 Å². The van der Waals surface area contributed by atoms with Crippen LogP contribution in [-0.4, -0.2) is 25.5 Å². The molecule has 0 saturated heterocycles. The summed E-state index contributed by atoms with van der Waals surface area (Å²) in [5.74, 6) is 0.694. The van der Waals surface area contributed by atoms with Crippen molar-refractivity contribution in [3.05, 3.63) is 90.0 Å². The molecule has 1 aliphatic rings. The molecule has 1 heterocycles. The lowest BCUT2D eigenvalue weighted by molar-refractivity contribution is 0.513. The number of halogens is 1. The van der Waals surface area contributed by atoms with Crippen LogP contribution in [0.4, 0.5) is 15.8 Å². The van der Waals surface area contributed by atoms with Crippen molar-refractivity contribution >= 4 is 17.1 Å². The summed E-state index contributed by atoms with van der Waals surface area (Å²) in [7, 11) is 3.97. The topological polar surface area (TPSA) is 18.5 Å². The third-order valence-electron chi connectivity index (χ3n) is 4.53. The van der Waals surface area contributed by atoms with E-state index in [0.717, 1.165) is 28.3 Å². The van der Waals surface area contributed by atoms with E-state index in [1.54, 1.807) is 6.07 Å². The number of hydrogen-bond donors (Lipinski definition) is 1. The van der Waals surface area contributed by atoms with Gasteiger partial charge in [-0.25, -0.2) is 4.39 Å². The van der Waals surface area contributed by atoms with E-state index in [-0.39, 0.29) is 5.82 Å². The molecule has 0 aliphatic carbocycles. The fourth-order valence-corrected chi connectivity index (χ4v) is 3.16. The second-order valence-electron chi connectivity index (χ2n) is 6.63. The fourth-order valence-electron chi connectivity index (χ4n) is 3.16. The van der Waals surface area contributed by atoms with Gasteiger partial charge in [0.05, 0.1) is 17.9 Å². The summed E-state index contributed by atoms with van der Waals surface area (Å²) in [6, 6.07) is 13.1. The second kappa shape index (κ2) is 7.08. The first-order valence-electron chi connectivity index (χ1n) is 8.54. The Kier molecular flexibility index (Phi) is 4.85. The van der Waals surface area contributed by atoms with Crippen molar-refractivity contribution < 1.29 is 4.39 Å². The Morgan fingerprint density at radius 2 is 1.96 bits per heavy atom. The van der Waals surface area contributed by atoms with Gasteiger partial charge in [0.2, 0.25) is 0 Å². The zero-order chi connectivity index (χ0) is 18.8. The maximum Gasteiger partial charge on any atom is 0.132 e. The lowest BCUT2D eigenvalue weighted by Crippen LogP contribution is -2.25. The highest BCUT2D eigenvalue weighted by Crippen LogP contribution is 2.37. The van der Waals surface area contributed by atoms with E-state index in [4.69, 9.17) is 0 Å². The molecule has 1 aliphatic heterocycles. The molecule has 0 unspecified atom stereocenters. The molecule has 0 atom stereocenters. The standard InChI is InChI=1S/C22H24FN3/c1-6-17-14-26(16(3)18-13-15(2)11-12-19(18)23)21-10-8-7-9-20(21)24-22(17)25(4)5/h6-13,24H,1,3,14H2,2,4-5H3. The Labute approximate surface area is 154 Å². The lowest BCUT2D eigenvalue weighted by atomic mass is 10.1. The van der Waals surface area contributed by atoms with Crippen molar-refractivity contribution in [1.82, 2.24) is 4.90 Å². The molecule has 2 aromatic carbocycles. The van der Waals surface area contributed by atoms with E-state index in [9.17, 15) is 4.39 Å². The SMILES string of the molecule is C=CC1=C(N(C)C)Nc2ccccc2N(C(=C)c2cc(C)ccc2F)C1. The van der Waals surface area contributed by atoms with Gasteiger partial charge in [0.1, 0.15) is 11.6 Å². The molecular formula is C22H24FN3. The Hall–Kier alpha value is -3.01. The molecule has 3 nitrogen and oxygen atoms in total. The van der Waals surface area contributed by atoms with Crippen molar-refractivity contribution in [2.45, 2.75) is 6.92 Å². The largest absolute Gasteiger partial charge is 0.364 e. The summed E-state index contributed by atoms with van der Waals surface area (Å²) in [6.07, 6.45) is 1.83. The van der Waals surface area contributed by atoms with Gasteiger partial charge in [-0.05, 0) is 31.2 Å². The zero-order valence-corrected chi connectivity index (χ0v) is 15.5. The molecule has 0 saturated carbocycles. The zero-order valence-electron chi connectivity index (χ0n) is 15.5. The van der Waals surface area contributed by atoms with Gasteiger partial charge in [-0.1, -0.05) is 43.0 Å². The Morgan fingerprint density at radius 1 is 1.23 bits per heavy atom. The van der Waals surface area contributed by atoms with Gasteiger partial charge >= 0.3 is 0 Å². The average molecular weight is 349 g/mol. The highest BCUT2D eigenvalue weighted by Gasteiger charge is 2.24. The summed E-state index contributed by atoms with van der Waals surface area (Å²) < 4.78 is 14.5. The first-order chi connectivity index (χ1) is 12.4. The Morgan fingerprint density at radius 3 is 2.65 bits per heavy atom. The third-order valence-corrected chi connectivity index (χ3v) is 4.53. The summed E-state index contributed by atoms with van der Waals surface area (Å²) in [4.78, 5) is 4.06. The number of benzene rings is 2. The molecule has 0 spiro atoms. The fraction of sp³-hybridized carbons (Fsp3) is 0.182. The second-order valence-corrected chi connectivity index (χ2v) is 6.63. The Bertz CT molecular complexity index is 896. The minimum atomic E-state index is -0.271. The van der Waals surface area contributed by atoms with Crippen molar-refractivity contribution in [3.63, 3.8) is 0 Å². The van der Waals surface area contributed by atoms with Crippen molar-refractivity contribution in [2.24, 2.45) is 0 Å². The number of aryl methyl sites for hydroxylation is 1. The molecule has 0 amide bonds. The predicted molar refractivity (Wildman–Crippen MR) is 108 cm³/mol. The Balaban J connectivity index is 2.15. The first kappa shape index (κ1) is 17.8. The maximum absolute atomic E-state index is 14.5. The van der Waals surface area contributed by atoms with Gasteiger partial charge in [0.25, 0.3) is 0 Å². The van der Waals surface area contributed by atoms with Crippen LogP contribution >= 0.6 is 0 Å². The number of nitrogens with zero attached hydrogens (tertiary/aromatic N) is 2. The molecule has 1 N–H and O–H groups in total. The van der Waals surface area contributed by atoms with Crippen LogP contribution in [0.25, 0.3) is 5.70 Å². The average Bonchev–Trinajstić information content (AvgIpc) is 2.80. The van der Waals surface area contributed by atoms with Crippen molar-refractivity contribution in [2.75, 3.05) is 30.9 Å². The van der Waals surface area contributed by atoms with Gasteiger partial charge in [0.15, 0.2) is 0 Å². The summed E-state index contributed by atoms with van der Waals surface area (Å²) in [5.41, 5.74) is 5.05.